The first kappa shape index (κ1) is 27.5. The second kappa shape index (κ2) is 10.4. The zero-order valence-corrected chi connectivity index (χ0v) is 25.0. The van der Waals surface area contributed by atoms with Crippen molar-refractivity contribution in [2.75, 3.05) is 0 Å². The largest absolute Gasteiger partial charge is 0.453 e. The molecule has 2 N–H and O–H groups in total. The van der Waals surface area contributed by atoms with Crippen LogP contribution in [0.25, 0.3) is 65.2 Å². The van der Waals surface area contributed by atoms with Crippen molar-refractivity contribution >= 4 is 65.2 Å². The lowest BCUT2D eigenvalue weighted by molar-refractivity contribution is 0.423. The quantitative estimate of drug-likeness (QED) is 0.153. The molecule has 0 bridgehead atoms. The molecule has 9 aromatic rings. The third-order valence-electron chi connectivity index (χ3n) is 8.82. The highest BCUT2D eigenvalue weighted by molar-refractivity contribution is 6.15. The van der Waals surface area contributed by atoms with Gasteiger partial charge in [-0.15, -0.1) is 0 Å². The molecular weight excluding hydrogens is 604 g/mol. The number of benzene rings is 8. The predicted octanol–water partition coefficient (Wildman–Crippen LogP) is 7.73. The fraction of sp³-hybridized carbons (Fsp3) is 0. The molecule has 0 spiro atoms. The van der Waals surface area contributed by atoms with Crippen molar-refractivity contribution in [3.8, 4) is 23.0 Å². The molecule has 0 aliphatic heterocycles. The summed E-state index contributed by atoms with van der Waals surface area (Å²) < 4.78 is 12.5. The monoisotopic (exact) mass is 626 g/mol. The maximum atomic E-state index is 14.4. The standard InChI is InChI=1S/C40H22N2O6/c43-36-23-13-7-8-14-24(23)37(44)31-25(36)15-18-28-34(31)41-29-19-16-26-32(35(29)42-28)38(45)27-17-20-30(47-21-9-3-1-4-10-21)40(33(27)39(26)46)48-22-11-5-2-6-12-22/h1-20,41-42H. The van der Waals surface area contributed by atoms with Crippen molar-refractivity contribution in [1.82, 2.24) is 9.97 Å². The second-order valence-corrected chi connectivity index (χ2v) is 11.6. The summed E-state index contributed by atoms with van der Waals surface area (Å²) >= 11 is 0. The third kappa shape index (κ3) is 4.03. The lowest BCUT2D eigenvalue weighted by atomic mass is 9.99. The third-order valence-corrected chi connectivity index (χ3v) is 8.82. The van der Waals surface area contributed by atoms with Crippen LogP contribution in [0.1, 0.15) is 0 Å². The van der Waals surface area contributed by atoms with Crippen LogP contribution in [-0.4, -0.2) is 9.97 Å². The van der Waals surface area contributed by atoms with E-state index in [9.17, 15) is 19.2 Å². The molecule has 48 heavy (non-hydrogen) atoms. The molecule has 8 aromatic carbocycles. The van der Waals surface area contributed by atoms with Crippen LogP contribution in [0.15, 0.2) is 141 Å². The number of ether oxygens (including phenoxy) is 2. The van der Waals surface area contributed by atoms with Crippen molar-refractivity contribution in [2.24, 2.45) is 0 Å². The first-order valence-corrected chi connectivity index (χ1v) is 15.3. The van der Waals surface area contributed by atoms with Gasteiger partial charge in [0.2, 0.25) is 0 Å². The van der Waals surface area contributed by atoms with Crippen molar-refractivity contribution in [2.45, 2.75) is 0 Å². The van der Waals surface area contributed by atoms with Crippen LogP contribution in [0.4, 0.5) is 0 Å². The maximum absolute atomic E-state index is 14.4. The predicted molar refractivity (Wildman–Crippen MR) is 189 cm³/mol. The van der Waals surface area contributed by atoms with Crippen LogP contribution in [-0.2, 0) is 0 Å². The summed E-state index contributed by atoms with van der Waals surface area (Å²) in [5.74, 6) is 1.43. The number of hydrogen-bond acceptors (Lipinski definition) is 6. The van der Waals surface area contributed by atoms with E-state index < -0.39 is 5.43 Å². The number of rotatable bonds is 4. The summed E-state index contributed by atoms with van der Waals surface area (Å²) in [4.78, 5) is 62.3. The van der Waals surface area contributed by atoms with Gasteiger partial charge in [0.05, 0.1) is 38.2 Å². The van der Waals surface area contributed by atoms with Gasteiger partial charge in [0.25, 0.3) is 0 Å². The second-order valence-electron chi connectivity index (χ2n) is 11.6. The van der Waals surface area contributed by atoms with Crippen molar-refractivity contribution in [3.05, 3.63) is 162 Å². The van der Waals surface area contributed by atoms with Crippen LogP contribution in [0.2, 0.25) is 0 Å². The molecular formula is C40H22N2O6. The number of H-pyrrole nitrogens is 2. The van der Waals surface area contributed by atoms with Crippen molar-refractivity contribution < 1.29 is 9.47 Å². The Balaban J connectivity index is 1.34. The Morgan fingerprint density at radius 2 is 0.812 bits per heavy atom. The number of fused-ring (bicyclic) bond motifs is 8. The number of nitrogens with one attached hydrogen (secondary N) is 2. The summed E-state index contributed by atoms with van der Waals surface area (Å²) in [7, 11) is 0. The Bertz CT molecular complexity index is 3030. The molecule has 0 aliphatic rings. The van der Waals surface area contributed by atoms with Crippen LogP contribution in [0.5, 0.6) is 23.0 Å². The summed E-state index contributed by atoms with van der Waals surface area (Å²) in [5.41, 5.74) is 0.538. The fourth-order valence-electron chi connectivity index (χ4n) is 6.60. The Hall–Kier alpha value is -6.80. The molecule has 9 rings (SSSR count). The Kier molecular flexibility index (Phi) is 5.94. The summed E-state index contributed by atoms with van der Waals surface area (Å²) in [6, 6.07) is 34.7. The molecule has 0 atom stereocenters. The van der Waals surface area contributed by atoms with Crippen LogP contribution in [0, 0.1) is 0 Å². The topological polar surface area (TPSA) is 118 Å². The Labute approximate surface area is 269 Å². The van der Waals surface area contributed by atoms with Gasteiger partial charge in [0, 0.05) is 26.9 Å². The highest BCUT2D eigenvalue weighted by Crippen LogP contribution is 2.40. The molecule has 0 fully saturated rings. The average Bonchev–Trinajstić information content (AvgIpc) is 3.12. The number of aromatic amines is 2. The van der Waals surface area contributed by atoms with Crippen LogP contribution >= 0.6 is 0 Å². The van der Waals surface area contributed by atoms with E-state index in [0.717, 1.165) is 0 Å². The molecule has 228 valence electrons. The normalized spacial score (nSPS) is 11.7. The van der Waals surface area contributed by atoms with Gasteiger partial charge in [-0.2, -0.15) is 0 Å². The van der Waals surface area contributed by atoms with E-state index >= 15 is 0 Å². The van der Waals surface area contributed by atoms with E-state index in [1.54, 1.807) is 84.9 Å². The molecule has 1 aromatic heterocycles. The van der Waals surface area contributed by atoms with E-state index in [4.69, 9.17) is 9.47 Å². The summed E-state index contributed by atoms with van der Waals surface area (Å²) in [6.07, 6.45) is 0. The Morgan fingerprint density at radius 1 is 0.375 bits per heavy atom. The summed E-state index contributed by atoms with van der Waals surface area (Å²) in [5, 5.41) is 1.91. The minimum atomic E-state index is -0.401. The first-order chi connectivity index (χ1) is 23.5. The van der Waals surface area contributed by atoms with Gasteiger partial charge in [-0.05, 0) is 60.7 Å². The SMILES string of the molecule is O=c1c2ccccc2c(=O)c2c1ccc1[nH]c3c(ccc4c(=O)c5c(Oc6ccccc6)c(Oc6ccccc6)ccc5c(=O)c43)[nH]c12. The minimum absolute atomic E-state index is 0.103. The lowest BCUT2D eigenvalue weighted by Crippen LogP contribution is -2.15. The van der Waals surface area contributed by atoms with Gasteiger partial charge in [-0.1, -0.05) is 60.7 Å². The van der Waals surface area contributed by atoms with E-state index in [-0.39, 0.29) is 54.7 Å². The highest BCUT2D eigenvalue weighted by atomic mass is 16.5. The molecule has 0 radical (unpaired) electrons. The van der Waals surface area contributed by atoms with Gasteiger partial charge in [0.15, 0.2) is 33.2 Å². The van der Waals surface area contributed by atoms with Gasteiger partial charge in [-0.25, -0.2) is 0 Å². The average molecular weight is 627 g/mol. The molecule has 0 amide bonds. The fourth-order valence-corrected chi connectivity index (χ4v) is 6.60. The maximum Gasteiger partial charge on any atom is 0.198 e. The van der Waals surface area contributed by atoms with Crippen LogP contribution < -0.4 is 31.2 Å². The smallest absolute Gasteiger partial charge is 0.198 e. The lowest BCUT2D eigenvalue weighted by Gasteiger charge is -2.15. The van der Waals surface area contributed by atoms with E-state index in [1.165, 1.54) is 0 Å². The van der Waals surface area contributed by atoms with E-state index in [2.05, 4.69) is 9.97 Å². The number of hydrogen-bond donors (Lipinski definition) is 2. The molecule has 0 saturated heterocycles. The van der Waals surface area contributed by atoms with Gasteiger partial charge >= 0.3 is 0 Å². The minimum Gasteiger partial charge on any atom is -0.453 e. The van der Waals surface area contributed by atoms with Gasteiger partial charge in [-0.3, -0.25) is 19.2 Å². The molecule has 0 unspecified atom stereocenters. The summed E-state index contributed by atoms with van der Waals surface area (Å²) in [6.45, 7) is 0. The Morgan fingerprint density at radius 3 is 1.42 bits per heavy atom. The molecule has 1 heterocycles. The van der Waals surface area contributed by atoms with Gasteiger partial charge < -0.3 is 19.4 Å². The van der Waals surface area contributed by atoms with E-state index in [1.807, 2.05) is 36.4 Å². The zero-order chi connectivity index (χ0) is 32.5. The number of aromatic nitrogens is 2. The van der Waals surface area contributed by atoms with Crippen LogP contribution in [0.3, 0.4) is 0 Å². The molecule has 8 heteroatoms. The van der Waals surface area contributed by atoms with Gasteiger partial charge in [0.1, 0.15) is 11.5 Å². The highest BCUT2D eigenvalue weighted by Gasteiger charge is 2.22. The van der Waals surface area contributed by atoms with E-state index in [0.29, 0.717) is 49.7 Å². The first-order valence-electron chi connectivity index (χ1n) is 15.3. The zero-order valence-electron chi connectivity index (χ0n) is 25.0. The molecule has 0 aliphatic carbocycles. The molecule has 0 saturated carbocycles. The number of para-hydroxylation sites is 2. The molecule has 8 nitrogen and oxygen atoms in total. The van der Waals surface area contributed by atoms with Crippen molar-refractivity contribution in [3.63, 3.8) is 0 Å². The van der Waals surface area contributed by atoms with Crippen molar-refractivity contribution in [1.29, 1.82) is 0 Å².